The van der Waals surface area contributed by atoms with Crippen molar-refractivity contribution in [2.75, 3.05) is 7.11 Å². The summed E-state index contributed by atoms with van der Waals surface area (Å²) in [4.78, 5) is 23.0. The van der Waals surface area contributed by atoms with E-state index < -0.39 is 26.3 Å². The molecule has 0 aliphatic heterocycles. The minimum Gasteiger partial charge on any atom is -0.493 e. The van der Waals surface area contributed by atoms with E-state index in [4.69, 9.17) is 8.92 Å². The van der Waals surface area contributed by atoms with Gasteiger partial charge in [-0.3, -0.25) is 9.36 Å². The number of aryl methyl sites for hydroxylation is 1. The Morgan fingerprint density at radius 1 is 1.05 bits per heavy atom. The number of para-hydroxylation sites is 2. The standard InChI is InChI=1S/C13H14N2O6S/c1-14-8-11(12(16)15(2)13(14)17)22(18,19)21-10-7-5-4-6-9(10)20-3/h4-8H,1-3H3. The van der Waals surface area contributed by atoms with Crippen molar-refractivity contribution in [1.82, 2.24) is 9.13 Å². The maximum Gasteiger partial charge on any atom is 0.346 e. The molecule has 8 nitrogen and oxygen atoms in total. The highest BCUT2D eigenvalue weighted by atomic mass is 32.2. The van der Waals surface area contributed by atoms with Crippen LogP contribution in [0.25, 0.3) is 0 Å². The first-order valence-electron chi connectivity index (χ1n) is 6.12. The summed E-state index contributed by atoms with van der Waals surface area (Å²) in [7, 11) is -0.526. The highest BCUT2D eigenvalue weighted by Gasteiger charge is 2.24. The number of nitrogens with zero attached hydrogens (tertiary/aromatic N) is 2. The lowest BCUT2D eigenvalue weighted by Crippen LogP contribution is -2.39. The highest BCUT2D eigenvalue weighted by Crippen LogP contribution is 2.28. The molecular formula is C13H14N2O6S. The van der Waals surface area contributed by atoms with E-state index in [0.29, 0.717) is 4.57 Å². The number of ether oxygens (including phenoxy) is 1. The molecule has 1 aromatic carbocycles. The van der Waals surface area contributed by atoms with Crippen molar-refractivity contribution < 1.29 is 17.3 Å². The van der Waals surface area contributed by atoms with Gasteiger partial charge in [0.25, 0.3) is 5.56 Å². The second-order valence-electron chi connectivity index (χ2n) is 4.44. The lowest BCUT2D eigenvalue weighted by Gasteiger charge is -2.11. The van der Waals surface area contributed by atoms with Crippen molar-refractivity contribution in [1.29, 1.82) is 0 Å². The Bertz CT molecular complexity index is 926. The highest BCUT2D eigenvalue weighted by molar-refractivity contribution is 7.87. The molecule has 0 N–H and O–H groups in total. The van der Waals surface area contributed by atoms with E-state index in [-0.39, 0.29) is 11.5 Å². The summed E-state index contributed by atoms with van der Waals surface area (Å²) in [6.45, 7) is 0. The van der Waals surface area contributed by atoms with Crippen LogP contribution in [0.15, 0.2) is 44.9 Å². The van der Waals surface area contributed by atoms with Crippen LogP contribution in [-0.2, 0) is 24.2 Å². The summed E-state index contributed by atoms with van der Waals surface area (Å²) in [6.07, 6.45) is 0.926. The fourth-order valence-corrected chi connectivity index (χ4v) is 2.90. The Balaban J connectivity index is 2.57. The molecule has 0 bridgehead atoms. The van der Waals surface area contributed by atoms with Gasteiger partial charge in [-0.25, -0.2) is 4.79 Å². The van der Waals surface area contributed by atoms with Gasteiger partial charge in [-0.1, -0.05) is 12.1 Å². The molecular weight excluding hydrogens is 312 g/mol. The van der Waals surface area contributed by atoms with Crippen molar-refractivity contribution in [3.05, 3.63) is 51.3 Å². The number of hydrogen-bond acceptors (Lipinski definition) is 6. The first-order chi connectivity index (χ1) is 10.3. The van der Waals surface area contributed by atoms with E-state index in [1.165, 1.54) is 33.3 Å². The molecule has 0 unspecified atom stereocenters. The van der Waals surface area contributed by atoms with Crippen molar-refractivity contribution >= 4 is 10.1 Å². The first-order valence-corrected chi connectivity index (χ1v) is 7.53. The topological polar surface area (TPSA) is 96.6 Å². The molecule has 22 heavy (non-hydrogen) atoms. The Labute approximate surface area is 126 Å². The molecule has 0 fully saturated rings. The summed E-state index contributed by atoms with van der Waals surface area (Å²) in [5, 5.41) is 0. The zero-order valence-electron chi connectivity index (χ0n) is 12.1. The van der Waals surface area contributed by atoms with E-state index in [0.717, 1.165) is 10.8 Å². The molecule has 2 aromatic rings. The Morgan fingerprint density at radius 2 is 1.64 bits per heavy atom. The molecule has 1 heterocycles. The van der Waals surface area contributed by atoms with Gasteiger partial charge in [0.2, 0.25) is 0 Å². The normalized spacial score (nSPS) is 11.2. The van der Waals surface area contributed by atoms with Crippen LogP contribution in [0, 0.1) is 0 Å². The zero-order valence-corrected chi connectivity index (χ0v) is 13.0. The first kappa shape index (κ1) is 15.8. The molecule has 0 saturated carbocycles. The predicted octanol–water partition coefficient (Wildman–Crippen LogP) is -0.140. The van der Waals surface area contributed by atoms with Crippen LogP contribution < -0.4 is 20.2 Å². The lowest BCUT2D eigenvalue weighted by atomic mass is 10.3. The number of aromatic nitrogens is 2. The second kappa shape index (κ2) is 5.68. The fourth-order valence-electron chi connectivity index (χ4n) is 1.80. The average molecular weight is 326 g/mol. The molecule has 0 amide bonds. The summed E-state index contributed by atoms with van der Waals surface area (Å²) in [5.41, 5.74) is -1.60. The maximum absolute atomic E-state index is 12.3. The van der Waals surface area contributed by atoms with E-state index in [1.807, 2.05) is 0 Å². The van der Waals surface area contributed by atoms with Crippen molar-refractivity contribution in [3.8, 4) is 11.5 Å². The second-order valence-corrected chi connectivity index (χ2v) is 5.95. The van der Waals surface area contributed by atoms with Crippen molar-refractivity contribution in [3.63, 3.8) is 0 Å². The molecule has 2 rings (SSSR count). The lowest BCUT2D eigenvalue weighted by molar-refractivity contribution is 0.390. The van der Waals surface area contributed by atoms with E-state index in [2.05, 4.69) is 0 Å². The van der Waals surface area contributed by atoms with E-state index in [1.54, 1.807) is 12.1 Å². The predicted molar refractivity (Wildman–Crippen MR) is 77.7 cm³/mol. The third kappa shape index (κ3) is 2.75. The summed E-state index contributed by atoms with van der Waals surface area (Å²) in [5.74, 6) is 0.147. The molecule has 9 heteroatoms. The SMILES string of the molecule is COc1ccccc1OS(=O)(=O)c1cn(C)c(=O)n(C)c1=O. The van der Waals surface area contributed by atoms with Gasteiger partial charge in [0.15, 0.2) is 16.4 Å². The Morgan fingerprint density at radius 3 is 2.23 bits per heavy atom. The molecule has 1 aromatic heterocycles. The van der Waals surface area contributed by atoms with Gasteiger partial charge in [0, 0.05) is 20.3 Å². The van der Waals surface area contributed by atoms with Gasteiger partial charge < -0.3 is 13.5 Å². The van der Waals surface area contributed by atoms with Crippen LogP contribution in [-0.4, -0.2) is 24.7 Å². The van der Waals surface area contributed by atoms with Gasteiger partial charge in [-0.15, -0.1) is 0 Å². The Hall–Kier alpha value is -2.55. The Kier molecular flexibility index (Phi) is 4.09. The number of hydrogen-bond donors (Lipinski definition) is 0. The van der Waals surface area contributed by atoms with Crippen molar-refractivity contribution in [2.45, 2.75) is 4.90 Å². The quantitative estimate of drug-likeness (QED) is 0.726. The molecule has 0 radical (unpaired) electrons. The van der Waals surface area contributed by atoms with Crippen molar-refractivity contribution in [2.24, 2.45) is 14.1 Å². The van der Waals surface area contributed by atoms with Gasteiger partial charge in [-0.05, 0) is 12.1 Å². The minimum absolute atomic E-state index is 0.0547. The summed E-state index contributed by atoms with van der Waals surface area (Å²) >= 11 is 0. The number of rotatable bonds is 4. The van der Waals surface area contributed by atoms with E-state index >= 15 is 0 Å². The third-order valence-corrected chi connectivity index (χ3v) is 4.17. The van der Waals surface area contributed by atoms with Crippen LogP contribution in [0.3, 0.4) is 0 Å². The molecule has 0 aliphatic carbocycles. The minimum atomic E-state index is -4.41. The van der Waals surface area contributed by atoms with Crippen LogP contribution >= 0.6 is 0 Å². The zero-order chi connectivity index (χ0) is 16.5. The maximum atomic E-state index is 12.3. The van der Waals surface area contributed by atoms with Gasteiger partial charge in [-0.2, -0.15) is 8.42 Å². The van der Waals surface area contributed by atoms with Crippen LogP contribution in [0.5, 0.6) is 11.5 Å². The molecule has 0 spiro atoms. The van der Waals surface area contributed by atoms with Gasteiger partial charge in [0.05, 0.1) is 7.11 Å². The summed E-state index contributed by atoms with van der Waals surface area (Å²) < 4.78 is 36.2. The van der Waals surface area contributed by atoms with Crippen LogP contribution in [0.1, 0.15) is 0 Å². The molecule has 0 aliphatic rings. The van der Waals surface area contributed by atoms with Gasteiger partial charge in [0.1, 0.15) is 0 Å². The molecule has 118 valence electrons. The van der Waals surface area contributed by atoms with Crippen LogP contribution in [0.4, 0.5) is 0 Å². The monoisotopic (exact) mass is 326 g/mol. The average Bonchev–Trinajstić information content (AvgIpc) is 2.48. The number of benzene rings is 1. The van der Waals surface area contributed by atoms with Crippen LogP contribution in [0.2, 0.25) is 0 Å². The molecule has 0 atom stereocenters. The fraction of sp³-hybridized carbons (Fsp3) is 0.231. The largest absolute Gasteiger partial charge is 0.493 e. The third-order valence-electron chi connectivity index (χ3n) is 2.95. The van der Waals surface area contributed by atoms with Gasteiger partial charge >= 0.3 is 15.8 Å². The smallest absolute Gasteiger partial charge is 0.346 e. The summed E-state index contributed by atoms with van der Waals surface area (Å²) in [6, 6.07) is 6.11. The molecule has 0 saturated heterocycles. The number of methoxy groups -OCH3 is 1. The van der Waals surface area contributed by atoms with E-state index in [9.17, 15) is 18.0 Å².